The number of halogens is 2. The zero-order valence-electron chi connectivity index (χ0n) is 15.3. The summed E-state index contributed by atoms with van der Waals surface area (Å²) in [6.07, 6.45) is 1.80. The summed E-state index contributed by atoms with van der Waals surface area (Å²) in [5.74, 6) is -0.0838. The highest BCUT2D eigenvalue weighted by molar-refractivity contribution is 6.30. The highest BCUT2D eigenvalue weighted by atomic mass is 35.5. The lowest BCUT2D eigenvalue weighted by atomic mass is 10.1. The van der Waals surface area contributed by atoms with Gasteiger partial charge in [0.25, 0.3) is 0 Å². The van der Waals surface area contributed by atoms with Gasteiger partial charge in [0, 0.05) is 30.9 Å². The summed E-state index contributed by atoms with van der Waals surface area (Å²) in [6, 6.07) is 12.1. The SMILES string of the molecule is Cc1ccc(NC(=O)Cn2cc(-c3ccc(Cl)cc3)c(N(C)C)n2)c(F)c1. The number of rotatable bonds is 5. The van der Waals surface area contributed by atoms with E-state index >= 15 is 0 Å². The second-order valence-corrected chi connectivity index (χ2v) is 6.93. The lowest BCUT2D eigenvalue weighted by Gasteiger charge is -2.11. The fourth-order valence-electron chi connectivity index (χ4n) is 2.71. The van der Waals surface area contributed by atoms with Crippen molar-refractivity contribution in [2.75, 3.05) is 24.3 Å². The number of benzene rings is 2. The molecule has 0 spiro atoms. The molecule has 140 valence electrons. The molecular weight excluding hydrogens is 367 g/mol. The van der Waals surface area contributed by atoms with E-state index in [4.69, 9.17) is 11.6 Å². The van der Waals surface area contributed by atoms with Crippen molar-refractivity contribution in [1.29, 1.82) is 0 Å². The molecule has 2 aromatic carbocycles. The molecule has 0 aliphatic carbocycles. The molecule has 1 amide bonds. The van der Waals surface area contributed by atoms with Gasteiger partial charge in [0.2, 0.25) is 5.91 Å². The van der Waals surface area contributed by atoms with Crippen LogP contribution >= 0.6 is 11.6 Å². The molecule has 3 aromatic rings. The van der Waals surface area contributed by atoms with Crippen LogP contribution < -0.4 is 10.2 Å². The van der Waals surface area contributed by atoms with Crippen molar-refractivity contribution in [3.8, 4) is 11.1 Å². The van der Waals surface area contributed by atoms with Gasteiger partial charge in [-0.25, -0.2) is 4.39 Å². The average Bonchev–Trinajstić information content (AvgIpc) is 3.02. The Hall–Kier alpha value is -2.86. The van der Waals surface area contributed by atoms with Crippen molar-refractivity contribution in [3.05, 3.63) is 65.1 Å². The van der Waals surface area contributed by atoms with Crippen LogP contribution in [0.25, 0.3) is 11.1 Å². The highest BCUT2D eigenvalue weighted by Crippen LogP contribution is 2.29. The topological polar surface area (TPSA) is 50.2 Å². The summed E-state index contributed by atoms with van der Waals surface area (Å²) in [4.78, 5) is 14.2. The van der Waals surface area contributed by atoms with Crippen LogP contribution in [-0.2, 0) is 11.3 Å². The minimum atomic E-state index is -0.459. The highest BCUT2D eigenvalue weighted by Gasteiger charge is 2.15. The number of nitrogens with one attached hydrogen (secondary N) is 1. The van der Waals surface area contributed by atoms with Gasteiger partial charge < -0.3 is 10.2 Å². The first-order chi connectivity index (χ1) is 12.8. The van der Waals surface area contributed by atoms with E-state index in [9.17, 15) is 9.18 Å². The maximum Gasteiger partial charge on any atom is 0.246 e. The molecule has 27 heavy (non-hydrogen) atoms. The number of amides is 1. The zero-order chi connectivity index (χ0) is 19.6. The molecule has 1 N–H and O–H groups in total. The van der Waals surface area contributed by atoms with Gasteiger partial charge in [-0.2, -0.15) is 5.10 Å². The Morgan fingerprint density at radius 2 is 1.93 bits per heavy atom. The number of nitrogens with zero attached hydrogens (tertiary/aromatic N) is 3. The van der Waals surface area contributed by atoms with Crippen LogP contribution in [0.3, 0.4) is 0 Å². The molecule has 1 aromatic heterocycles. The van der Waals surface area contributed by atoms with Crippen LogP contribution in [-0.4, -0.2) is 29.8 Å². The molecule has 0 unspecified atom stereocenters. The molecule has 0 bridgehead atoms. The number of aromatic nitrogens is 2. The lowest BCUT2D eigenvalue weighted by Crippen LogP contribution is -2.20. The van der Waals surface area contributed by atoms with Crippen molar-refractivity contribution in [1.82, 2.24) is 9.78 Å². The summed E-state index contributed by atoms with van der Waals surface area (Å²) in [6.45, 7) is 1.77. The third-order valence-corrected chi connectivity index (χ3v) is 4.28. The van der Waals surface area contributed by atoms with Gasteiger partial charge in [0.1, 0.15) is 12.4 Å². The quantitative estimate of drug-likeness (QED) is 0.709. The monoisotopic (exact) mass is 386 g/mol. The predicted octanol–water partition coefficient (Wildman–Crippen LogP) is 4.36. The summed E-state index contributed by atoms with van der Waals surface area (Å²) in [5, 5.41) is 7.72. The normalized spacial score (nSPS) is 10.7. The Balaban J connectivity index is 1.81. The van der Waals surface area contributed by atoms with Crippen LogP contribution in [0.5, 0.6) is 0 Å². The fraction of sp³-hybridized carbons (Fsp3) is 0.200. The minimum absolute atomic E-state index is 0.0260. The Morgan fingerprint density at radius 3 is 2.56 bits per heavy atom. The van der Waals surface area contributed by atoms with E-state index < -0.39 is 5.82 Å². The number of carbonyl (C=O) groups excluding carboxylic acids is 1. The number of anilines is 2. The van der Waals surface area contributed by atoms with E-state index in [1.165, 1.54) is 6.07 Å². The van der Waals surface area contributed by atoms with Crippen LogP contribution in [0.1, 0.15) is 5.56 Å². The van der Waals surface area contributed by atoms with Crippen LogP contribution in [0.4, 0.5) is 15.9 Å². The molecule has 0 radical (unpaired) electrons. The van der Waals surface area contributed by atoms with Crippen molar-refractivity contribution in [3.63, 3.8) is 0 Å². The number of hydrogen-bond donors (Lipinski definition) is 1. The molecule has 0 saturated carbocycles. The van der Waals surface area contributed by atoms with Gasteiger partial charge in [-0.15, -0.1) is 0 Å². The molecule has 7 heteroatoms. The maximum absolute atomic E-state index is 13.9. The third-order valence-electron chi connectivity index (χ3n) is 4.03. The number of hydrogen-bond acceptors (Lipinski definition) is 3. The Labute approximate surface area is 162 Å². The molecular formula is C20H20ClFN4O. The molecule has 0 saturated heterocycles. The Kier molecular flexibility index (Phi) is 5.46. The van der Waals surface area contributed by atoms with E-state index in [0.29, 0.717) is 5.02 Å². The van der Waals surface area contributed by atoms with Gasteiger partial charge in [-0.3, -0.25) is 9.48 Å². The van der Waals surface area contributed by atoms with Crippen LogP contribution in [0, 0.1) is 12.7 Å². The second-order valence-electron chi connectivity index (χ2n) is 6.50. The number of carbonyl (C=O) groups is 1. The maximum atomic E-state index is 13.9. The number of aryl methyl sites for hydroxylation is 1. The second kappa shape index (κ2) is 7.80. The Morgan fingerprint density at radius 1 is 1.22 bits per heavy atom. The first kappa shape index (κ1) is 18.9. The van der Waals surface area contributed by atoms with E-state index in [-0.39, 0.29) is 18.1 Å². The molecule has 1 heterocycles. The van der Waals surface area contributed by atoms with E-state index in [1.807, 2.05) is 31.1 Å². The van der Waals surface area contributed by atoms with Gasteiger partial charge in [0.05, 0.1) is 5.69 Å². The summed E-state index contributed by atoms with van der Waals surface area (Å²) in [5.41, 5.74) is 2.77. The van der Waals surface area contributed by atoms with Crippen molar-refractivity contribution in [2.45, 2.75) is 13.5 Å². The Bertz CT molecular complexity index is 967. The van der Waals surface area contributed by atoms with Crippen molar-refractivity contribution in [2.24, 2.45) is 0 Å². The van der Waals surface area contributed by atoms with Gasteiger partial charge >= 0.3 is 0 Å². The largest absolute Gasteiger partial charge is 0.361 e. The average molecular weight is 387 g/mol. The fourth-order valence-corrected chi connectivity index (χ4v) is 2.84. The molecule has 0 atom stereocenters. The minimum Gasteiger partial charge on any atom is -0.361 e. The molecule has 0 aliphatic heterocycles. The lowest BCUT2D eigenvalue weighted by molar-refractivity contribution is -0.116. The van der Waals surface area contributed by atoms with Crippen LogP contribution in [0.15, 0.2) is 48.7 Å². The molecule has 0 aliphatic rings. The summed E-state index contributed by atoms with van der Waals surface area (Å²) < 4.78 is 15.5. The zero-order valence-corrected chi connectivity index (χ0v) is 16.1. The molecule has 3 rings (SSSR count). The van der Waals surface area contributed by atoms with Crippen molar-refractivity contribution >= 4 is 29.0 Å². The molecule has 5 nitrogen and oxygen atoms in total. The van der Waals surface area contributed by atoms with Gasteiger partial charge in [-0.1, -0.05) is 29.8 Å². The first-order valence-electron chi connectivity index (χ1n) is 8.40. The summed E-state index contributed by atoms with van der Waals surface area (Å²) >= 11 is 5.96. The first-order valence-corrected chi connectivity index (χ1v) is 8.78. The van der Waals surface area contributed by atoms with Gasteiger partial charge in [-0.05, 0) is 42.3 Å². The van der Waals surface area contributed by atoms with Crippen LogP contribution in [0.2, 0.25) is 5.02 Å². The predicted molar refractivity (Wildman–Crippen MR) is 107 cm³/mol. The molecule has 0 fully saturated rings. The van der Waals surface area contributed by atoms with Gasteiger partial charge in [0.15, 0.2) is 5.82 Å². The summed E-state index contributed by atoms with van der Waals surface area (Å²) in [7, 11) is 3.77. The standard InChI is InChI=1S/C20H20ClFN4O/c1-13-4-9-18(17(22)10-13)23-19(27)12-26-11-16(20(24-26)25(2)3)14-5-7-15(21)8-6-14/h4-11H,12H2,1-3H3,(H,23,27). The van der Waals surface area contributed by atoms with E-state index in [0.717, 1.165) is 22.5 Å². The third kappa shape index (κ3) is 4.46. The van der Waals surface area contributed by atoms with E-state index in [2.05, 4.69) is 10.4 Å². The van der Waals surface area contributed by atoms with Crippen molar-refractivity contribution < 1.29 is 9.18 Å². The van der Waals surface area contributed by atoms with E-state index in [1.54, 1.807) is 42.1 Å². The smallest absolute Gasteiger partial charge is 0.246 e.